The van der Waals surface area contributed by atoms with Crippen molar-refractivity contribution in [3.8, 4) is 0 Å². The van der Waals surface area contributed by atoms with Gasteiger partial charge in [-0.05, 0) is 47.0 Å². The first kappa shape index (κ1) is 17.9. The van der Waals surface area contributed by atoms with Gasteiger partial charge in [0.05, 0.1) is 0 Å². The Bertz CT molecular complexity index is 376. The minimum atomic E-state index is -0.365. The number of nitrogens with zero attached hydrogens (tertiary/aromatic N) is 1. The van der Waals surface area contributed by atoms with Gasteiger partial charge in [0.25, 0.3) is 0 Å². The molecule has 1 aliphatic heterocycles. The highest BCUT2D eigenvalue weighted by atomic mass is 16.5. The van der Waals surface area contributed by atoms with E-state index in [4.69, 9.17) is 0 Å². The van der Waals surface area contributed by atoms with Gasteiger partial charge in [-0.25, -0.2) is 0 Å². The van der Waals surface area contributed by atoms with Crippen LogP contribution >= 0.6 is 0 Å². The van der Waals surface area contributed by atoms with Gasteiger partial charge in [-0.1, -0.05) is 0 Å². The average molecular weight is 299 g/mol. The summed E-state index contributed by atoms with van der Waals surface area (Å²) < 4.78 is 0. The van der Waals surface area contributed by atoms with Crippen molar-refractivity contribution in [1.29, 1.82) is 0 Å². The van der Waals surface area contributed by atoms with Crippen molar-refractivity contribution < 1.29 is 14.8 Å². The van der Waals surface area contributed by atoms with Crippen LogP contribution < -0.4 is 10.6 Å². The summed E-state index contributed by atoms with van der Waals surface area (Å²) in [6, 6.07) is 0.0617. The van der Waals surface area contributed by atoms with Crippen LogP contribution in [-0.4, -0.2) is 45.7 Å². The molecule has 1 saturated heterocycles. The molecular formula is C15H29N3O3. The quantitative estimate of drug-likeness (QED) is 0.671. The first-order chi connectivity index (χ1) is 9.54. The predicted octanol–water partition coefficient (Wildman–Crippen LogP) is 1.43. The molecule has 6 heteroatoms. The fraction of sp³-hybridized carbons (Fsp3) is 0.867. The minimum Gasteiger partial charge on any atom is -0.356 e. The van der Waals surface area contributed by atoms with Crippen molar-refractivity contribution in [1.82, 2.24) is 15.7 Å². The zero-order chi connectivity index (χ0) is 16.3. The number of hydrogen-bond donors (Lipinski definition) is 3. The number of amides is 2. The summed E-state index contributed by atoms with van der Waals surface area (Å²) in [6.45, 7) is 9.89. The van der Waals surface area contributed by atoms with Crippen LogP contribution in [0, 0.1) is 0 Å². The first-order valence-corrected chi connectivity index (χ1v) is 7.57. The smallest absolute Gasteiger partial charge is 0.220 e. The molecule has 0 radical (unpaired) electrons. The summed E-state index contributed by atoms with van der Waals surface area (Å²) in [5.41, 5.74) is -0.730. The van der Waals surface area contributed by atoms with E-state index in [9.17, 15) is 14.8 Å². The number of carbonyl (C=O) groups is 2. The third-order valence-corrected chi connectivity index (χ3v) is 3.96. The molecule has 0 saturated carbocycles. The Hall–Kier alpha value is -1.14. The van der Waals surface area contributed by atoms with Crippen LogP contribution in [0.3, 0.4) is 0 Å². The highest BCUT2D eigenvalue weighted by Crippen LogP contribution is 2.36. The van der Waals surface area contributed by atoms with E-state index in [1.165, 1.54) is 12.0 Å². The van der Waals surface area contributed by atoms with Gasteiger partial charge in [0.15, 0.2) is 0 Å². The number of rotatable bonds is 5. The zero-order valence-electron chi connectivity index (χ0n) is 13.8. The van der Waals surface area contributed by atoms with Crippen LogP contribution in [0.5, 0.6) is 0 Å². The fourth-order valence-corrected chi connectivity index (χ4v) is 3.19. The molecule has 0 atom stereocenters. The lowest BCUT2D eigenvalue weighted by molar-refractivity contribution is -0.246. The number of hydrogen-bond acceptors (Lipinski definition) is 4. The normalized spacial score (nSPS) is 21.8. The Kier molecular flexibility index (Phi) is 5.75. The van der Waals surface area contributed by atoms with Crippen LogP contribution in [0.1, 0.15) is 60.3 Å². The molecule has 3 N–H and O–H groups in total. The maximum absolute atomic E-state index is 12.0. The second kappa shape index (κ2) is 6.75. The number of hydroxylamine groups is 2. The first-order valence-electron chi connectivity index (χ1n) is 7.57. The lowest BCUT2D eigenvalue weighted by Gasteiger charge is -2.51. The van der Waals surface area contributed by atoms with Gasteiger partial charge < -0.3 is 15.8 Å². The van der Waals surface area contributed by atoms with Crippen molar-refractivity contribution in [2.45, 2.75) is 77.4 Å². The molecule has 0 unspecified atom stereocenters. The van der Waals surface area contributed by atoms with E-state index in [0.717, 1.165) is 0 Å². The molecule has 6 nitrogen and oxygen atoms in total. The zero-order valence-corrected chi connectivity index (χ0v) is 13.8. The molecule has 0 spiro atoms. The van der Waals surface area contributed by atoms with Gasteiger partial charge in [-0.2, -0.15) is 5.06 Å². The largest absolute Gasteiger partial charge is 0.356 e. The summed E-state index contributed by atoms with van der Waals surface area (Å²) >= 11 is 0. The Labute approximate surface area is 127 Å². The topological polar surface area (TPSA) is 81.7 Å². The summed E-state index contributed by atoms with van der Waals surface area (Å²) in [5, 5.41) is 17.4. The third kappa shape index (κ3) is 5.28. The van der Waals surface area contributed by atoms with Crippen LogP contribution in [0.4, 0.5) is 0 Å². The van der Waals surface area contributed by atoms with Crippen molar-refractivity contribution in [2.75, 3.05) is 6.54 Å². The molecule has 1 aliphatic rings. The lowest BCUT2D eigenvalue weighted by atomic mass is 9.79. The minimum absolute atomic E-state index is 0.00309. The molecule has 1 fully saturated rings. The maximum Gasteiger partial charge on any atom is 0.220 e. The third-order valence-electron chi connectivity index (χ3n) is 3.96. The van der Waals surface area contributed by atoms with Gasteiger partial charge in [0.2, 0.25) is 11.8 Å². The van der Waals surface area contributed by atoms with Gasteiger partial charge >= 0.3 is 0 Å². The Morgan fingerprint density at radius 3 is 2.19 bits per heavy atom. The molecule has 1 rings (SSSR count). The standard InChI is InChI=1S/C15H29N3O3/c1-11(19)16-8-6-7-13(20)17-12-9-14(2,3)18(21)15(4,5)10-12/h12,21H,6-10H2,1-5H3,(H,16,19)(H,17,20). The highest BCUT2D eigenvalue weighted by molar-refractivity contribution is 5.76. The molecule has 1 heterocycles. The monoisotopic (exact) mass is 299 g/mol. The molecule has 21 heavy (non-hydrogen) atoms. The van der Waals surface area contributed by atoms with Crippen molar-refractivity contribution >= 4 is 11.8 Å². The summed E-state index contributed by atoms with van der Waals surface area (Å²) in [7, 11) is 0. The van der Waals surface area contributed by atoms with E-state index in [1.807, 2.05) is 27.7 Å². The van der Waals surface area contributed by atoms with Crippen molar-refractivity contribution in [2.24, 2.45) is 0 Å². The Morgan fingerprint density at radius 2 is 1.71 bits per heavy atom. The predicted molar refractivity (Wildman–Crippen MR) is 80.9 cm³/mol. The molecule has 122 valence electrons. The van der Waals surface area contributed by atoms with Crippen molar-refractivity contribution in [3.63, 3.8) is 0 Å². The van der Waals surface area contributed by atoms with Crippen LogP contribution in [0.25, 0.3) is 0 Å². The molecule has 0 aromatic heterocycles. The lowest BCUT2D eigenvalue weighted by Crippen LogP contribution is -2.62. The average Bonchev–Trinajstić information content (AvgIpc) is 2.30. The molecule has 0 aromatic carbocycles. The summed E-state index contributed by atoms with van der Waals surface area (Å²) in [5.74, 6) is -0.0717. The van der Waals surface area contributed by atoms with Crippen LogP contribution in [-0.2, 0) is 9.59 Å². The number of piperidine rings is 1. The SMILES string of the molecule is CC(=O)NCCCC(=O)NC1CC(C)(C)N(O)C(C)(C)C1. The molecular weight excluding hydrogens is 270 g/mol. The summed E-state index contributed by atoms with van der Waals surface area (Å²) in [4.78, 5) is 22.7. The van der Waals surface area contributed by atoms with E-state index in [-0.39, 0.29) is 28.9 Å². The highest BCUT2D eigenvalue weighted by Gasteiger charge is 2.45. The van der Waals surface area contributed by atoms with E-state index in [2.05, 4.69) is 10.6 Å². The van der Waals surface area contributed by atoms with Crippen molar-refractivity contribution in [3.05, 3.63) is 0 Å². The van der Waals surface area contributed by atoms with E-state index in [1.54, 1.807) is 0 Å². The number of carbonyl (C=O) groups excluding carboxylic acids is 2. The molecule has 2 amide bonds. The molecule has 0 aliphatic carbocycles. The van der Waals surface area contributed by atoms with Gasteiger partial charge in [0, 0.05) is 37.0 Å². The van der Waals surface area contributed by atoms with E-state index < -0.39 is 0 Å². The van der Waals surface area contributed by atoms with Gasteiger partial charge in [-0.3, -0.25) is 9.59 Å². The van der Waals surface area contributed by atoms with Gasteiger partial charge in [0.1, 0.15) is 0 Å². The fourth-order valence-electron chi connectivity index (χ4n) is 3.19. The van der Waals surface area contributed by atoms with E-state index in [0.29, 0.717) is 32.2 Å². The van der Waals surface area contributed by atoms with Gasteiger partial charge in [-0.15, -0.1) is 0 Å². The second-order valence-corrected chi connectivity index (χ2v) is 7.20. The second-order valence-electron chi connectivity index (χ2n) is 7.20. The molecule has 0 aromatic rings. The number of nitrogens with one attached hydrogen (secondary N) is 2. The summed E-state index contributed by atoms with van der Waals surface area (Å²) in [6.07, 6.45) is 2.46. The molecule has 0 bridgehead atoms. The van der Waals surface area contributed by atoms with Crippen LogP contribution in [0.2, 0.25) is 0 Å². The Balaban J connectivity index is 2.44. The van der Waals surface area contributed by atoms with Crippen LogP contribution in [0.15, 0.2) is 0 Å². The Morgan fingerprint density at radius 1 is 1.19 bits per heavy atom. The maximum atomic E-state index is 12.0. The van der Waals surface area contributed by atoms with E-state index >= 15 is 0 Å².